The third kappa shape index (κ3) is 8.88. The fourth-order valence-corrected chi connectivity index (χ4v) is 0.998. The van der Waals surface area contributed by atoms with Crippen LogP contribution in [-0.4, -0.2) is 12.6 Å². The first kappa shape index (κ1) is 13.6. The maximum Gasteiger partial charge on any atom is 0.124 e. The lowest BCUT2D eigenvalue weighted by Gasteiger charge is -1.89. The predicted molar refractivity (Wildman–Crippen MR) is 61.8 cm³/mol. The minimum absolute atomic E-state index is 0.529. The van der Waals surface area contributed by atoms with Crippen LogP contribution in [0.2, 0.25) is 0 Å². The van der Waals surface area contributed by atoms with E-state index in [9.17, 15) is 9.59 Å². The Kier molecular flexibility index (Phi) is 9.62. The van der Waals surface area contributed by atoms with Crippen molar-refractivity contribution in [2.45, 2.75) is 32.6 Å². The molecular weight excluding hydrogens is 188 g/mol. The van der Waals surface area contributed by atoms with Gasteiger partial charge >= 0.3 is 0 Å². The highest BCUT2D eigenvalue weighted by molar-refractivity contribution is 5.54. The first-order chi connectivity index (χ1) is 7.35. The van der Waals surface area contributed by atoms with Crippen LogP contribution in [-0.2, 0) is 16.0 Å². The molecule has 2 nitrogen and oxygen atoms in total. The lowest BCUT2D eigenvalue weighted by atomic mass is 10.2. The van der Waals surface area contributed by atoms with Crippen molar-refractivity contribution in [2.75, 3.05) is 0 Å². The fraction of sp³-hybridized carbons (Fsp3) is 0.385. The highest BCUT2D eigenvalue weighted by Gasteiger charge is 1.84. The number of hydrogen-bond acceptors (Lipinski definition) is 2. The largest absolute Gasteiger partial charge is 0.303 e. The van der Waals surface area contributed by atoms with Gasteiger partial charge in [0.05, 0.1) is 0 Å². The second-order valence-corrected chi connectivity index (χ2v) is 3.17. The van der Waals surface area contributed by atoms with E-state index < -0.39 is 0 Å². The molecule has 0 atom stereocenters. The summed E-state index contributed by atoms with van der Waals surface area (Å²) in [4.78, 5) is 19.5. The van der Waals surface area contributed by atoms with Gasteiger partial charge in [-0.3, -0.25) is 0 Å². The summed E-state index contributed by atoms with van der Waals surface area (Å²) in [5, 5.41) is 0. The third-order valence-electron chi connectivity index (χ3n) is 1.84. The highest BCUT2D eigenvalue weighted by Crippen LogP contribution is 1.96. The van der Waals surface area contributed by atoms with Gasteiger partial charge < -0.3 is 9.59 Å². The zero-order valence-corrected chi connectivity index (χ0v) is 9.19. The van der Waals surface area contributed by atoms with E-state index in [-0.39, 0.29) is 0 Å². The Morgan fingerprint density at radius 1 is 1.07 bits per heavy atom. The maximum absolute atomic E-state index is 9.97. The minimum atomic E-state index is 0.529. The second kappa shape index (κ2) is 10.6. The molecule has 2 heteroatoms. The Labute approximate surface area is 91.3 Å². The van der Waals surface area contributed by atoms with Crippen LogP contribution < -0.4 is 0 Å². The third-order valence-corrected chi connectivity index (χ3v) is 1.84. The molecule has 15 heavy (non-hydrogen) atoms. The Bertz CT molecular complexity index is 254. The molecule has 0 spiro atoms. The molecule has 0 heterocycles. The molecule has 0 aliphatic heterocycles. The molecular formula is C13H18O2. The molecule has 0 bridgehead atoms. The fourth-order valence-electron chi connectivity index (χ4n) is 0.998. The first-order valence-corrected chi connectivity index (χ1v) is 5.26. The predicted octanol–water partition coefficient (Wildman–Crippen LogP) is 2.80. The van der Waals surface area contributed by atoms with Crippen molar-refractivity contribution in [1.29, 1.82) is 0 Å². The van der Waals surface area contributed by atoms with Gasteiger partial charge in [-0.05, 0) is 12.0 Å². The van der Waals surface area contributed by atoms with Crippen molar-refractivity contribution >= 4 is 12.6 Å². The van der Waals surface area contributed by atoms with Crippen LogP contribution in [0.4, 0.5) is 0 Å². The van der Waals surface area contributed by atoms with Crippen molar-refractivity contribution in [1.82, 2.24) is 0 Å². The number of unbranched alkanes of at least 4 members (excludes halogenated alkanes) is 2. The van der Waals surface area contributed by atoms with Crippen LogP contribution in [0.5, 0.6) is 0 Å². The zero-order valence-electron chi connectivity index (χ0n) is 9.19. The quantitative estimate of drug-likeness (QED) is 0.548. The lowest BCUT2D eigenvalue weighted by molar-refractivity contribution is -0.108. The van der Waals surface area contributed by atoms with Crippen molar-refractivity contribution in [3.63, 3.8) is 0 Å². The SMILES string of the molecule is CCCCC=O.O=CCc1ccccc1. The van der Waals surface area contributed by atoms with Crippen molar-refractivity contribution in [3.8, 4) is 0 Å². The number of aldehydes is 2. The topological polar surface area (TPSA) is 34.1 Å². The molecule has 1 aromatic rings. The van der Waals surface area contributed by atoms with Crippen LogP contribution in [0, 0.1) is 0 Å². The number of rotatable bonds is 5. The molecule has 82 valence electrons. The second-order valence-electron chi connectivity index (χ2n) is 3.17. The summed E-state index contributed by atoms with van der Waals surface area (Å²) in [6, 6.07) is 9.68. The molecule has 0 radical (unpaired) electrons. The van der Waals surface area contributed by atoms with Crippen molar-refractivity contribution in [2.24, 2.45) is 0 Å². The summed E-state index contributed by atoms with van der Waals surface area (Å²) < 4.78 is 0. The Morgan fingerprint density at radius 2 is 1.73 bits per heavy atom. The van der Waals surface area contributed by atoms with E-state index in [2.05, 4.69) is 6.92 Å². The van der Waals surface area contributed by atoms with E-state index in [0.717, 1.165) is 37.4 Å². The van der Waals surface area contributed by atoms with E-state index in [0.29, 0.717) is 6.42 Å². The number of benzene rings is 1. The van der Waals surface area contributed by atoms with Gasteiger partial charge in [0.25, 0.3) is 0 Å². The molecule has 1 aromatic carbocycles. The van der Waals surface area contributed by atoms with Gasteiger partial charge in [0, 0.05) is 12.8 Å². The van der Waals surface area contributed by atoms with E-state index in [1.807, 2.05) is 30.3 Å². The van der Waals surface area contributed by atoms with Gasteiger partial charge in [0.2, 0.25) is 0 Å². The monoisotopic (exact) mass is 206 g/mol. The van der Waals surface area contributed by atoms with Gasteiger partial charge in [-0.2, -0.15) is 0 Å². The normalized spacial score (nSPS) is 8.60. The maximum atomic E-state index is 9.97. The molecule has 0 N–H and O–H groups in total. The number of carbonyl (C=O) groups is 2. The average molecular weight is 206 g/mol. The molecule has 0 saturated heterocycles. The summed E-state index contributed by atoms with van der Waals surface area (Å²) in [6.45, 7) is 2.07. The van der Waals surface area contributed by atoms with Gasteiger partial charge in [-0.25, -0.2) is 0 Å². The van der Waals surface area contributed by atoms with Crippen LogP contribution >= 0.6 is 0 Å². The molecule has 0 fully saturated rings. The van der Waals surface area contributed by atoms with Crippen LogP contribution in [0.15, 0.2) is 30.3 Å². The molecule has 1 rings (SSSR count). The van der Waals surface area contributed by atoms with Crippen molar-refractivity contribution in [3.05, 3.63) is 35.9 Å². The van der Waals surface area contributed by atoms with E-state index >= 15 is 0 Å². The van der Waals surface area contributed by atoms with E-state index in [1.54, 1.807) is 0 Å². The van der Waals surface area contributed by atoms with Crippen LogP contribution in [0.25, 0.3) is 0 Å². The number of hydrogen-bond donors (Lipinski definition) is 0. The van der Waals surface area contributed by atoms with Gasteiger partial charge in [-0.1, -0.05) is 43.7 Å². The summed E-state index contributed by atoms with van der Waals surface area (Å²) in [7, 11) is 0. The van der Waals surface area contributed by atoms with E-state index in [4.69, 9.17) is 0 Å². The molecule has 0 saturated carbocycles. The summed E-state index contributed by atoms with van der Waals surface area (Å²) >= 11 is 0. The van der Waals surface area contributed by atoms with Crippen LogP contribution in [0.1, 0.15) is 31.7 Å². The summed E-state index contributed by atoms with van der Waals surface area (Å²) in [5.41, 5.74) is 1.08. The summed E-state index contributed by atoms with van der Waals surface area (Å²) in [6.07, 6.45) is 5.30. The average Bonchev–Trinajstić information content (AvgIpc) is 2.29. The standard InChI is InChI=1S/C8H8O.C5H10O/c9-7-6-8-4-2-1-3-5-8;1-2-3-4-5-6/h1-5,7H,6H2;5H,2-4H2,1H3. The summed E-state index contributed by atoms with van der Waals surface area (Å²) in [5.74, 6) is 0. The smallest absolute Gasteiger partial charge is 0.124 e. The Balaban J connectivity index is 0.000000288. The minimum Gasteiger partial charge on any atom is -0.303 e. The molecule has 0 aliphatic carbocycles. The lowest BCUT2D eigenvalue weighted by Crippen LogP contribution is -1.82. The van der Waals surface area contributed by atoms with E-state index in [1.165, 1.54) is 0 Å². The zero-order chi connectivity index (χ0) is 11.4. The molecule has 0 amide bonds. The highest BCUT2D eigenvalue weighted by atomic mass is 16.1. The Hall–Kier alpha value is -1.44. The Morgan fingerprint density at radius 3 is 2.13 bits per heavy atom. The molecule has 0 aliphatic rings. The molecule has 0 aromatic heterocycles. The first-order valence-electron chi connectivity index (χ1n) is 5.26. The van der Waals surface area contributed by atoms with Gasteiger partial charge in [-0.15, -0.1) is 0 Å². The number of carbonyl (C=O) groups excluding carboxylic acids is 2. The van der Waals surface area contributed by atoms with Gasteiger partial charge in [0.15, 0.2) is 0 Å². The molecule has 0 unspecified atom stereocenters. The van der Waals surface area contributed by atoms with Crippen LogP contribution in [0.3, 0.4) is 0 Å². The van der Waals surface area contributed by atoms with Crippen molar-refractivity contribution < 1.29 is 9.59 Å². The van der Waals surface area contributed by atoms with Gasteiger partial charge in [0.1, 0.15) is 12.6 Å².